The third-order valence-electron chi connectivity index (χ3n) is 5.14. The van der Waals surface area contributed by atoms with Gasteiger partial charge in [-0.25, -0.2) is 4.39 Å². The molecule has 25 heavy (non-hydrogen) atoms. The molecule has 0 aliphatic carbocycles. The topological polar surface area (TPSA) is 36.0 Å². The molecule has 138 valence electrons. The van der Waals surface area contributed by atoms with Crippen LogP contribution in [0.5, 0.6) is 0 Å². The molecule has 2 aliphatic heterocycles. The lowest BCUT2D eigenvalue weighted by atomic mass is 10.1. The zero-order valence-electron chi connectivity index (χ0n) is 15.3. The molecule has 2 aliphatic rings. The van der Waals surface area contributed by atoms with Crippen LogP contribution in [0.3, 0.4) is 0 Å². The number of hydrogen-bond donors (Lipinski definition) is 0. The van der Waals surface area contributed by atoms with Crippen LogP contribution in [0.2, 0.25) is 0 Å². The van der Waals surface area contributed by atoms with Crippen molar-refractivity contribution in [3.8, 4) is 0 Å². The first kappa shape index (κ1) is 18.1. The van der Waals surface area contributed by atoms with E-state index in [1.165, 1.54) is 12.1 Å². The summed E-state index contributed by atoms with van der Waals surface area (Å²) in [7, 11) is 0. The molecule has 3 atom stereocenters. The number of carbonyl (C=O) groups is 1. The lowest BCUT2D eigenvalue weighted by Gasteiger charge is -2.42. The second kappa shape index (κ2) is 7.70. The monoisotopic (exact) mass is 349 g/mol. The van der Waals surface area contributed by atoms with E-state index in [2.05, 4.69) is 9.80 Å². The van der Waals surface area contributed by atoms with Gasteiger partial charge in [0.25, 0.3) is 0 Å². The van der Waals surface area contributed by atoms with E-state index in [0.29, 0.717) is 13.1 Å². The number of amides is 1. The quantitative estimate of drug-likeness (QED) is 0.836. The molecule has 1 aromatic rings. The first-order chi connectivity index (χ1) is 11.9. The summed E-state index contributed by atoms with van der Waals surface area (Å²) in [6, 6.07) is 6.50. The predicted molar refractivity (Wildman–Crippen MR) is 96.2 cm³/mol. The second-order valence-electron chi connectivity index (χ2n) is 7.18. The minimum absolute atomic E-state index is 0.0928. The van der Waals surface area contributed by atoms with Crippen molar-refractivity contribution in [3.05, 3.63) is 30.1 Å². The van der Waals surface area contributed by atoms with Gasteiger partial charge in [-0.05, 0) is 45.0 Å². The van der Waals surface area contributed by atoms with Crippen molar-refractivity contribution in [2.45, 2.75) is 39.0 Å². The lowest BCUT2D eigenvalue weighted by Crippen LogP contribution is -2.57. The lowest BCUT2D eigenvalue weighted by molar-refractivity contribution is -0.148. The minimum atomic E-state index is -0.212. The molecule has 2 saturated heterocycles. The standard InChI is InChI=1S/C19H28FN3O2/c1-14-12-23(13-15(2)25-14)19(24)16(3)21-8-10-22(11-9-21)18-6-4-17(20)5-7-18/h4-7,14-16H,8-13H2,1-3H3. The number of anilines is 1. The maximum absolute atomic E-state index is 13.1. The van der Waals surface area contributed by atoms with E-state index in [1.54, 1.807) is 0 Å². The number of ether oxygens (including phenoxy) is 1. The van der Waals surface area contributed by atoms with Crippen molar-refractivity contribution < 1.29 is 13.9 Å². The molecule has 2 fully saturated rings. The second-order valence-corrected chi connectivity index (χ2v) is 7.18. The van der Waals surface area contributed by atoms with Crippen LogP contribution in [-0.4, -0.2) is 73.2 Å². The summed E-state index contributed by atoms with van der Waals surface area (Å²) < 4.78 is 18.8. The van der Waals surface area contributed by atoms with Crippen molar-refractivity contribution in [1.82, 2.24) is 9.80 Å². The van der Waals surface area contributed by atoms with Gasteiger partial charge in [-0.2, -0.15) is 0 Å². The normalized spacial score (nSPS) is 26.6. The van der Waals surface area contributed by atoms with Crippen molar-refractivity contribution in [2.75, 3.05) is 44.2 Å². The Kier molecular flexibility index (Phi) is 5.59. The Morgan fingerprint density at radius 1 is 1.08 bits per heavy atom. The average Bonchev–Trinajstić information content (AvgIpc) is 2.60. The van der Waals surface area contributed by atoms with Gasteiger partial charge in [0.15, 0.2) is 0 Å². The number of morpholine rings is 1. The van der Waals surface area contributed by atoms with Crippen LogP contribution in [0.25, 0.3) is 0 Å². The molecule has 1 aromatic carbocycles. The van der Waals surface area contributed by atoms with Gasteiger partial charge in [0.1, 0.15) is 5.82 Å². The number of nitrogens with zero attached hydrogens (tertiary/aromatic N) is 3. The summed E-state index contributed by atoms with van der Waals surface area (Å²) in [5.41, 5.74) is 1.04. The molecule has 0 N–H and O–H groups in total. The average molecular weight is 349 g/mol. The van der Waals surface area contributed by atoms with Gasteiger partial charge < -0.3 is 14.5 Å². The number of hydrogen-bond acceptors (Lipinski definition) is 4. The van der Waals surface area contributed by atoms with Crippen molar-refractivity contribution in [3.63, 3.8) is 0 Å². The van der Waals surface area contributed by atoms with Crippen LogP contribution in [-0.2, 0) is 9.53 Å². The maximum Gasteiger partial charge on any atom is 0.239 e. The van der Waals surface area contributed by atoms with Crippen molar-refractivity contribution >= 4 is 11.6 Å². The van der Waals surface area contributed by atoms with E-state index in [1.807, 2.05) is 37.8 Å². The Hall–Kier alpha value is -1.66. The predicted octanol–water partition coefficient (Wildman–Crippen LogP) is 1.97. The molecular weight excluding hydrogens is 321 g/mol. The van der Waals surface area contributed by atoms with Crippen LogP contribution >= 0.6 is 0 Å². The molecule has 0 radical (unpaired) electrons. The molecule has 3 unspecified atom stereocenters. The van der Waals surface area contributed by atoms with Crippen LogP contribution in [0.4, 0.5) is 10.1 Å². The Morgan fingerprint density at radius 2 is 1.64 bits per heavy atom. The van der Waals surface area contributed by atoms with Gasteiger partial charge in [-0.3, -0.25) is 9.69 Å². The molecule has 1 amide bonds. The maximum atomic E-state index is 13.1. The van der Waals surface area contributed by atoms with Crippen molar-refractivity contribution in [1.29, 1.82) is 0 Å². The Morgan fingerprint density at radius 3 is 2.20 bits per heavy atom. The highest BCUT2D eigenvalue weighted by molar-refractivity contribution is 5.81. The van der Waals surface area contributed by atoms with Crippen LogP contribution in [0.1, 0.15) is 20.8 Å². The Labute approximate surface area is 149 Å². The fourth-order valence-corrected chi connectivity index (χ4v) is 3.80. The Balaban J connectivity index is 1.55. The molecule has 3 rings (SSSR count). The summed E-state index contributed by atoms with van der Waals surface area (Å²) in [5, 5.41) is 0. The van der Waals surface area contributed by atoms with E-state index in [4.69, 9.17) is 4.74 Å². The smallest absolute Gasteiger partial charge is 0.239 e. The summed E-state index contributed by atoms with van der Waals surface area (Å²) in [4.78, 5) is 19.3. The number of carbonyl (C=O) groups excluding carboxylic acids is 1. The SMILES string of the molecule is CC1CN(C(=O)C(C)N2CCN(c3ccc(F)cc3)CC2)CC(C)O1. The van der Waals surface area contributed by atoms with Crippen molar-refractivity contribution in [2.24, 2.45) is 0 Å². The molecule has 0 bridgehead atoms. The van der Waals surface area contributed by atoms with Gasteiger partial charge in [0, 0.05) is 45.0 Å². The largest absolute Gasteiger partial charge is 0.372 e. The van der Waals surface area contributed by atoms with Crippen LogP contribution < -0.4 is 4.90 Å². The highest BCUT2D eigenvalue weighted by Gasteiger charge is 2.32. The molecule has 0 aromatic heterocycles. The summed E-state index contributed by atoms with van der Waals surface area (Å²) in [5.74, 6) is -0.0206. The highest BCUT2D eigenvalue weighted by atomic mass is 19.1. The zero-order chi connectivity index (χ0) is 18.0. The van der Waals surface area contributed by atoms with Gasteiger partial charge in [0.05, 0.1) is 18.2 Å². The molecule has 0 saturated carbocycles. The molecule has 5 nitrogen and oxygen atoms in total. The summed E-state index contributed by atoms with van der Waals surface area (Å²) in [6.07, 6.45) is 0.186. The summed E-state index contributed by atoms with van der Waals surface area (Å²) >= 11 is 0. The number of benzene rings is 1. The molecule has 6 heteroatoms. The first-order valence-electron chi connectivity index (χ1n) is 9.13. The summed E-state index contributed by atoms with van der Waals surface area (Å²) in [6.45, 7) is 10.7. The minimum Gasteiger partial charge on any atom is -0.372 e. The molecular formula is C19H28FN3O2. The van der Waals surface area contributed by atoms with Crippen LogP contribution in [0.15, 0.2) is 24.3 Å². The van der Waals surface area contributed by atoms with Gasteiger partial charge >= 0.3 is 0 Å². The number of rotatable bonds is 3. The van der Waals surface area contributed by atoms with Gasteiger partial charge in [-0.1, -0.05) is 0 Å². The first-order valence-corrected chi connectivity index (χ1v) is 9.13. The van der Waals surface area contributed by atoms with Crippen LogP contribution in [0, 0.1) is 5.82 Å². The van der Waals surface area contributed by atoms with E-state index >= 15 is 0 Å². The number of halogens is 1. The molecule has 2 heterocycles. The Bertz CT molecular complexity index is 577. The van der Waals surface area contributed by atoms with Gasteiger partial charge in [-0.15, -0.1) is 0 Å². The zero-order valence-corrected chi connectivity index (χ0v) is 15.3. The third kappa shape index (κ3) is 4.30. The fraction of sp³-hybridized carbons (Fsp3) is 0.632. The number of piperazine rings is 1. The van der Waals surface area contributed by atoms with E-state index < -0.39 is 0 Å². The van der Waals surface area contributed by atoms with Gasteiger partial charge in [0.2, 0.25) is 5.91 Å². The molecule has 0 spiro atoms. The third-order valence-corrected chi connectivity index (χ3v) is 5.14. The van der Waals surface area contributed by atoms with E-state index in [-0.39, 0.29) is 30.0 Å². The van der Waals surface area contributed by atoms with E-state index in [0.717, 1.165) is 31.9 Å². The van der Waals surface area contributed by atoms with E-state index in [9.17, 15) is 9.18 Å². The fourth-order valence-electron chi connectivity index (χ4n) is 3.80. The highest BCUT2D eigenvalue weighted by Crippen LogP contribution is 2.19.